The van der Waals surface area contributed by atoms with E-state index in [1.165, 1.54) is 30.4 Å². The van der Waals surface area contributed by atoms with Gasteiger partial charge in [-0.1, -0.05) is 78.5 Å². The zero-order chi connectivity index (χ0) is 22.1. The average molecular weight is 458 g/mol. The van der Waals surface area contributed by atoms with Crippen LogP contribution in [0.4, 0.5) is 11.4 Å². The summed E-state index contributed by atoms with van der Waals surface area (Å²) in [4.78, 5) is 28.5. The Labute approximate surface area is 194 Å². The normalized spacial score (nSPS) is 21.5. The number of hydrogen-bond acceptors (Lipinski definition) is 6. The average Bonchev–Trinajstić information content (AvgIpc) is 3.33. The van der Waals surface area contributed by atoms with Crippen molar-refractivity contribution in [2.24, 2.45) is 5.10 Å². The van der Waals surface area contributed by atoms with E-state index in [-0.39, 0.29) is 11.7 Å². The van der Waals surface area contributed by atoms with Crippen molar-refractivity contribution >= 4 is 57.7 Å². The number of Topliss-reactive ketones (excluding diaryl/α,β-unsaturated/α-hetero) is 1. The summed E-state index contributed by atoms with van der Waals surface area (Å²) in [6, 6.07) is 28.9. The van der Waals surface area contributed by atoms with Crippen molar-refractivity contribution in [3.05, 3.63) is 101 Å². The van der Waals surface area contributed by atoms with Crippen LogP contribution in [0.3, 0.4) is 0 Å². The van der Waals surface area contributed by atoms with Gasteiger partial charge in [-0.15, -0.1) is 0 Å². The van der Waals surface area contributed by atoms with E-state index in [1.807, 2.05) is 97.1 Å². The monoisotopic (exact) mass is 457 g/mol. The van der Waals surface area contributed by atoms with Crippen LogP contribution < -0.4 is 9.91 Å². The van der Waals surface area contributed by atoms with Crippen LogP contribution >= 0.6 is 23.5 Å². The molecule has 1 amide bonds. The quantitative estimate of drug-likeness (QED) is 0.479. The van der Waals surface area contributed by atoms with Gasteiger partial charge >= 0.3 is 0 Å². The van der Waals surface area contributed by atoms with E-state index in [2.05, 4.69) is 5.10 Å². The molecule has 2 aliphatic heterocycles. The molecule has 158 valence electrons. The Morgan fingerprint density at radius 3 is 2.00 bits per heavy atom. The third-order valence-electron chi connectivity index (χ3n) is 5.04. The number of carbonyl (C=O) groups is 2. The van der Waals surface area contributed by atoms with Crippen LogP contribution in [0.25, 0.3) is 6.08 Å². The fraction of sp³-hybridized carbons (Fsp3) is 0.0800. The van der Waals surface area contributed by atoms with Gasteiger partial charge in [0.05, 0.1) is 10.6 Å². The van der Waals surface area contributed by atoms with Crippen LogP contribution in [0, 0.1) is 0 Å². The molecule has 1 fully saturated rings. The molecule has 0 radical (unpaired) electrons. The smallest absolute Gasteiger partial charge is 0.268 e. The van der Waals surface area contributed by atoms with Gasteiger partial charge < -0.3 is 0 Å². The fourth-order valence-corrected chi connectivity index (χ4v) is 6.48. The predicted molar refractivity (Wildman–Crippen MR) is 133 cm³/mol. The highest BCUT2D eigenvalue weighted by molar-refractivity contribution is 8.29. The number of thioether (sulfide) groups is 2. The highest BCUT2D eigenvalue weighted by atomic mass is 32.2. The molecule has 0 aromatic heterocycles. The molecule has 2 heterocycles. The fourth-order valence-electron chi connectivity index (χ4n) is 3.60. The molecule has 7 heteroatoms. The number of nitrogens with zero attached hydrogens (tertiary/aromatic N) is 3. The number of ketones is 1. The van der Waals surface area contributed by atoms with Crippen LogP contribution in [0.2, 0.25) is 0 Å². The van der Waals surface area contributed by atoms with E-state index < -0.39 is 4.33 Å². The minimum atomic E-state index is -0.985. The first-order valence-corrected chi connectivity index (χ1v) is 11.7. The summed E-state index contributed by atoms with van der Waals surface area (Å²) in [7, 11) is 0. The second-order valence-electron chi connectivity index (χ2n) is 7.26. The van der Waals surface area contributed by atoms with Gasteiger partial charge in [-0.25, -0.2) is 5.01 Å². The second-order valence-corrected chi connectivity index (χ2v) is 9.89. The minimum Gasteiger partial charge on any atom is -0.292 e. The van der Waals surface area contributed by atoms with Gasteiger partial charge in [0.2, 0.25) is 4.33 Å². The number of hydrogen-bond donors (Lipinski definition) is 0. The molecular formula is C25H19N3O2S2. The Morgan fingerprint density at radius 1 is 0.844 bits per heavy atom. The van der Waals surface area contributed by atoms with Crippen molar-refractivity contribution in [2.45, 2.75) is 11.3 Å². The Hall–Kier alpha value is -3.29. The highest BCUT2D eigenvalue weighted by Gasteiger charge is 2.59. The molecule has 32 heavy (non-hydrogen) atoms. The van der Waals surface area contributed by atoms with E-state index in [1.54, 1.807) is 9.91 Å². The molecule has 3 aromatic carbocycles. The Bertz CT molecular complexity index is 1230. The summed E-state index contributed by atoms with van der Waals surface area (Å²) < 4.78 is -0.985. The Morgan fingerprint density at radius 2 is 1.41 bits per heavy atom. The molecule has 0 saturated carbocycles. The third kappa shape index (κ3) is 3.53. The SMILES string of the molecule is CC(=O)C1=NN(c2ccccc2)[C@@]2(S1)S/C(=C\c1ccccc1)C(=O)N2c1ccccc1. The maximum Gasteiger partial charge on any atom is 0.268 e. The van der Waals surface area contributed by atoms with Crippen LogP contribution in [0.1, 0.15) is 12.5 Å². The van der Waals surface area contributed by atoms with Crippen LogP contribution in [0.5, 0.6) is 0 Å². The standard InChI is InChI=1S/C25H19N3O2S2/c1-18(29)23-26-28(21-15-9-4-10-16-21)25(32-23)27(20-13-7-3-8-14-20)24(30)22(31-25)17-19-11-5-2-6-12-19/h2-17H,1H3/b22-17-/t25-/m1/s1. The molecule has 1 atom stereocenters. The van der Waals surface area contributed by atoms with Crippen molar-refractivity contribution in [1.82, 2.24) is 0 Å². The molecule has 1 spiro atoms. The highest BCUT2D eigenvalue weighted by Crippen LogP contribution is 2.59. The summed E-state index contributed by atoms with van der Waals surface area (Å²) in [5.41, 5.74) is 2.49. The molecule has 0 aliphatic carbocycles. The number of carbonyl (C=O) groups excluding carboxylic acids is 2. The third-order valence-corrected chi connectivity index (χ3v) is 7.86. The van der Waals surface area contributed by atoms with E-state index in [0.29, 0.717) is 9.95 Å². The maximum atomic E-state index is 13.8. The molecule has 5 rings (SSSR count). The number of rotatable bonds is 4. The summed E-state index contributed by atoms with van der Waals surface area (Å²) in [6.07, 6.45) is 1.90. The first-order valence-electron chi connectivity index (χ1n) is 10.1. The van der Waals surface area contributed by atoms with Gasteiger partial charge in [0.15, 0.2) is 10.8 Å². The van der Waals surface area contributed by atoms with Gasteiger partial charge in [-0.2, -0.15) is 5.10 Å². The lowest BCUT2D eigenvalue weighted by Gasteiger charge is -2.38. The van der Waals surface area contributed by atoms with E-state index >= 15 is 0 Å². The number of hydrazone groups is 1. The molecule has 2 aliphatic rings. The van der Waals surface area contributed by atoms with Gasteiger partial charge in [0, 0.05) is 12.6 Å². The maximum absolute atomic E-state index is 13.8. The van der Waals surface area contributed by atoms with Crippen molar-refractivity contribution in [3.8, 4) is 0 Å². The lowest BCUT2D eigenvalue weighted by atomic mass is 10.2. The lowest BCUT2D eigenvalue weighted by Crippen LogP contribution is -2.51. The first kappa shape index (κ1) is 20.6. The van der Waals surface area contributed by atoms with E-state index in [0.717, 1.165) is 16.9 Å². The molecule has 0 N–H and O–H groups in total. The van der Waals surface area contributed by atoms with Crippen LogP contribution in [-0.4, -0.2) is 21.1 Å². The van der Waals surface area contributed by atoms with Crippen LogP contribution in [-0.2, 0) is 9.59 Å². The zero-order valence-electron chi connectivity index (χ0n) is 17.2. The molecule has 3 aromatic rings. The van der Waals surface area contributed by atoms with Crippen LogP contribution in [0.15, 0.2) is 101 Å². The second kappa shape index (κ2) is 8.33. The summed E-state index contributed by atoms with van der Waals surface area (Å²) >= 11 is 2.72. The van der Waals surface area contributed by atoms with Crippen molar-refractivity contribution in [1.29, 1.82) is 0 Å². The molecule has 0 bridgehead atoms. The Balaban J connectivity index is 1.69. The molecule has 0 unspecified atom stereocenters. The summed E-state index contributed by atoms with van der Waals surface area (Å²) in [5, 5.41) is 6.83. The van der Waals surface area contributed by atoms with Gasteiger partial charge in [-0.05, 0) is 47.7 Å². The summed E-state index contributed by atoms with van der Waals surface area (Å²) in [5.74, 6) is -0.257. The number of anilines is 2. The predicted octanol–water partition coefficient (Wildman–Crippen LogP) is 5.57. The lowest BCUT2D eigenvalue weighted by molar-refractivity contribution is -0.114. The Kier molecular flexibility index (Phi) is 5.36. The number of amides is 1. The number of benzene rings is 3. The number of para-hydroxylation sites is 2. The van der Waals surface area contributed by atoms with Gasteiger partial charge in [-0.3, -0.25) is 14.5 Å². The van der Waals surface area contributed by atoms with E-state index in [4.69, 9.17) is 0 Å². The first-order chi connectivity index (χ1) is 15.6. The molecule has 1 saturated heterocycles. The van der Waals surface area contributed by atoms with E-state index in [9.17, 15) is 9.59 Å². The van der Waals surface area contributed by atoms with Gasteiger partial charge in [0.25, 0.3) is 5.91 Å². The largest absolute Gasteiger partial charge is 0.292 e. The van der Waals surface area contributed by atoms with Crippen molar-refractivity contribution in [3.63, 3.8) is 0 Å². The van der Waals surface area contributed by atoms with Gasteiger partial charge in [0.1, 0.15) is 0 Å². The molecular weight excluding hydrogens is 438 g/mol. The minimum absolute atomic E-state index is 0.126. The van der Waals surface area contributed by atoms with Crippen molar-refractivity contribution in [2.75, 3.05) is 9.91 Å². The topological polar surface area (TPSA) is 53.0 Å². The molecule has 5 nitrogen and oxygen atoms in total. The zero-order valence-corrected chi connectivity index (χ0v) is 18.8. The summed E-state index contributed by atoms with van der Waals surface area (Å²) in [6.45, 7) is 1.50. The van der Waals surface area contributed by atoms with Crippen molar-refractivity contribution < 1.29 is 9.59 Å².